The van der Waals surface area contributed by atoms with E-state index < -0.39 is 0 Å². The maximum atomic E-state index is 6.02. The summed E-state index contributed by atoms with van der Waals surface area (Å²) in [4.78, 5) is 0. The maximum Gasteiger partial charge on any atom is 0.0588 e. The topological polar surface area (TPSA) is 17.8 Å². The van der Waals surface area contributed by atoms with E-state index in [-0.39, 0.29) is 5.38 Å². The van der Waals surface area contributed by atoms with Crippen LogP contribution in [-0.4, -0.2) is 9.78 Å². The van der Waals surface area contributed by atoms with Crippen molar-refractivity contribution in [2.75, 3.05) is 0 Å². The van der Waals surface area contributed by atoms with Crippen molar-refractivity contribution in [2.45, 2.75) is 58.4 Å². The summed E-state index contributed by atoms with van der Waals surface area (Å²) < 4.78 is 2.04. The van der Waals surface area contributed by atoms with Gasteiger partial charge >= 0.3 is 0 Å². The third-order valence-electron chi connectivity index (χ3n) is 3.10. The Morgan fingerprint density at radius 1 is 1.44 bits per heavy atom. The highest BCUT2D eigenvalue weighted by Gasteiger charge is 2.09. The molecule has 1 rings (SSSR count). The van der Waals surface area contributed by atoms with Crippen LogP contribution in [0.2, 0.25) is 0 Å². The zero-order chi connectivity index (χ0) is 12.0. The highest BCUT2D eigenvalue weighted by Crippen LogP contribution is 2.20. The van der Waals surface area contributed by atoms with Gasteiger partial charge in [0.15, 0.2) is 0 Å². The Hall–Kier alpha value is -0.500. The first-order valence-corrected chi connectivity index (χ1v) is 6.77. The van der Waals surface area contributed by atoms with Gasteiger partial charge in [0, 0.05) is 18.3 Å². The minimum atomic E-state index is 0.0597. The zero-order valence-corrected chi connectivity index (χ0v) is 11.4. The van der Waals surface area contributed by atoms with Gasteiger partial charge in [0.2, 0.25) is 0 Å². The fourth-order valence-electron chi connectivity index (χ4n) is 1.87. The quantitative estimate of drug-likeness (QED) is 0.648. The SMILES string of the molecule is CCCCC(CC)Cn1cc(C(C)Cl)cn1. The molecule has 0 saturated carbocycles. The third kappa shape index (κ3) is 4.17. The molecule has 0 saturated heterocycles. The molecule has 2 nitrogen and oxygen atoms in total. The molecule has 0 radical (unpaired) electrons. The predicted molar refractivity (Wildman–Crippen MR) is 69.8 cm³/mol. The predicted octanol–water partition coefficient (Wildman–Crippen LogP) is 4.40. The van der Waals surface area contributed by atoms with E-state index in [4.69, 9.17) is 11.6 Å². The van der Waals surface area contributed by atoms with Crippen LogP contribution in [0.1, 0.15) is 57.4 Å². The Morgan fingerprint density at radius 2 is 2.19 bits per heavy atom. The molecule has 1 aromatic heterocycles. The van der Waals surface area contributed by atoms with Crippen LogP contribution in [-0.2, 0) is 6.54 Å². The van der Waals surface area contributed by atoms with Crippen LogP contribution in [0.3, 0.4) is 0 Å². The molecule has 0 fully saturated rings. The average Bonchev–Trinajstić information content (AvgIpc) is 2.72. The first kappa shape index (κ1) is 13.6. The molecule has 92 valence electrons. The van der Waals surface area contributed by atoms with Gasteiger partial charge in [-0.1, -0.05) is 33.1 Å². The van der Waals surface area contributed by atoms with Crippen molar-refractivity contribution in [3.63, 3.8) is 0 Å². The first-order valence-electron chi connectivity index (χ1n) is 6.33. The van der Waals surface area contributed by atoms with E-state index in [0.29, 0.717) is 0 Å². The van der Waals surface area contributed by atoms with Gasteiger partial charge in [0.25, 0.3) is 0 Å². The Labute approximate surface area is 104 Å². The number of halogens is 1. The summed E-state index contributed by atoms with van der Waals surface area (Å²) in [6, 6.07) is 0. The van der Waals surface area contributed by atoms with E-state index in [1.54, 1.807) is 0 Å². The second kappa shape index (κ2) is 6.95. The summed E-state index contributed by atoms with van der Waals surface area (Å²) in [5.74, 6) is 0.748. The van der Waals surface area contributed by atoms with E-state index in [1.165, 1.54) is 25.7 Å². The van der Waals surface area contributed by atoms with Crippen LogP contribution in [0.15, 0.2) is 12.4 Å². The van der Waals surface area contributed by atoms with Gasteiger partial charge < -0.3 is 0 Å². The van der Waals surface area contributed by atoms with Crippen molar-refractivity contribution < 1.29 is 0 Å². The van der Waals surface area contributed by atoms with Gasteiger partial charge in [-0.15, -0.1) is 11.6 Å². The Balaban J connectivity index is 2.49. The number of hydrogen-bond acceptors (Lipinski definition) is 1. The Kier molecular flexibility index (Phi) is 5.89. The van der Waals surface area contributed by atoms with Crippen molar-refractivity contribution in [2.24, 2.45) is 5.92 Å². The monoisotopic (exact) mass is 242 g/mol. The molecule has 0 aromatic carbocycles. The van der Waals surface area contributed by atoms with Crippen molar-refractivity contribution in [1.29, 1.82) is 0 Å². The Morgan fingerprint density at radius 3 is 2.69 bits per heavy atom. The van der Waals surface area contributed by atoms with Gasteiger partial charge in [0.05, 0.1) is 11.6 Å². The minimum Gasteiger partial charge on any atom is -0.272 e. The minimum absolute atomic E-state index is 0.0597. The summed E-state index contributed by atoms with van der Waals surface area (Å²) in [6.07, 6.45) is 9.08. The molecule has 0 aliphatic heterocycles. The lowest BCUT2D eigenvalue weighted by atomic mass is 9.99. The lowest BCUT2D eigenvalue weighted by molar-refractivity contribution is 0.372. The van der Waals surface area contributed by atoms with E-state index >= 15 is 0 Å². The summed E-state index contributed by atoms with van der Waals surface area (Å²) in [6.45, 7) is 7.51. The normalized spacial score (nSPS) is 15.0. The average molecular weight is 243 g/mol. The van der Waals surface area contributed by atoms with Gasteiger partial charge in [-0.25, -0.2) is 0 Å². The molecule has 2 unspecified atom stereocenters. The molecule has 0 amide bonds. The smallest absolute Gasteiger partial charge is 0.0588 e. The lowest BCUT2D eigenvalue weighted by Gasteiger charge is -2.14. The summed E-state index contributed by atoms with van der Waals surface area (Å²) in [5, 5.41) is 4.43. The van der Waals surface area contributed by atoms with E-state index in [1.807, 2.05) is 17.8 Å². The van der Waals surface area contributed by atoms with E-state index in [9.17, 15) is 0 Å². The highest BCUT2D eigenvalue weighted by molar-refractivity contribution is 6.20. The van der Waals surface area contributed by atoms with Crippen molar-refractivity contribution in [1.82, 2.24) is 9.78 Å². The molecule has 3 heteroatoms. The molecule has 1 aromatic rings. The van der Waals surface area contributed by atoms with Crippen molar-refractivity contribution in [3.05, 3.63) is 18.0 Å². The number of rotatable bonds is 7. The molecule has 2 atom stereocenters. The summed E-state index contributed by atoms with van der Waals surface area (Å²) in [7, 11) is 0. The second-order valence-corrected chi connectivity index (χ2v) is 5.18. The fraction of sp³-hybridized carbons (Fsp3) is 0.769. The largest absolute Gasteiger partial charge is 0.272 e. The third-order valence-corrected chi connectivity index (χ3v) is 3.35. The molecule has 0 aliphatic rings. The Bertz CT molecular complexity index is 294. The van der Waals surface area contributed by atoms with Crippen LogP contribution in [0.4, 0.5) is 0 Å². The number of nitrogens with zero attached hydrogens (tertiary/aromatic N) is 2. The van der Waals surface area contributed by atoms with Gasteiger partial charge in [-0.3, -0.25) is 4.68 Å². The molecule has 16 heavy (non-hydrogen) atoms. The second-order valence-electron chi connectivity index (χ2n) is 4.53. The van der Waals surface area contributed by atoms with Crippen molar-refractivity contribution in [3.8, 4) is 0 Å². The van der Waals surface area contributed by atoms with Crippen LogP contribution >= 0.6 is 11.6 Å². The zero-order valence-electron chi connectivity index (χ0n) is 10.6. The molecule has 1 heterocycles. The van der Waals surface area contributed by atoms with E-state index in [0.717, 1.165) is 18.0 Å². The fourth-order valence-corrected chi connectivity index (χ4v) is 1.98. The van der Waals surface area contributed by atoms with Crippen LogP contribution in [0, 0.1) is 5.92 Å². The van der Waals surface area contributed by atoms with Crippen LogP contribution in [0.25, 0.3) is 0 Å². The maximum absolute atomic E-state index is 6.02. The molecule has 0 bridgehead atoms. The molecular weight excluding hydrogens is 220 g/mol. The molecule has 0 aliphatic carbocycles. The highest BCUT2D eigenvalue weighted by atomic mass is 35.5. The van der Waals surface area contributed by atoms with Gasteiger partial charge in [-0.05, 0) is 19.3 Å². The van der Waals surface area contributed by atoms with Gasteiger partial charge in [0.1, 0.15) is 0 Å². The molecular formula is C13H23ClN2. The summed E-state index contributed by atoms with van der Waals surface area (Å²) in [5.41, 5.74) is 1.12. The lowest BCUT2D eigenvalue weighted by Crippen LogP contribution is -2.10. The van der Waals surface area contributed by atoms with Crippen molar-refractivity contribution >= 4 is 11.6 Å². The number of unbranched alkanes of at least 4 members (excludes halogenated alkanes) is 1. The van der Waals surface area contributed by atoms with E-state index in [2.05, 4.69) is 25.1 Å². The van der Waals surface area contributed by atoms with Crippen LogP contribution in [0.5, 0.6) is 0 Å². The molecule has 0 N–H and O–H groups in total. The summed E-state index contributed by atoms with van der Waals surface area (Å²) >= 11 is 6.02. The van der Waals surface area contributed by atoms with Gasteiger partial charge in [-0.2, -0.15) is 5.10 Å². The number of hydrogen-bond donors (Lipinski definition) is 0. The molecule has 0 spiro atoms. The number of alkyl halides is 1. The standard InChI is InChI=1S/C13H23ClN2/c1-4-6-7-12(5-2)9-16-10-13(8-15-16)11(3)14/h8,10-12H,4-7,9H2,1-3H3. The first-order chi connectivity index (χ1) is 7.67. The number of aromatic nitrogens is 2. The van der Waals surface area contributed by atoms with Crippen LogP contribution < -0.4 is 0 Å².